The number of nitrogens with zero attached hydrogens (tertiary/aromatic N) is 3. The largest absolute Gasteiger partial charge is 0.316 e. The van der Waals surface area contributed by atoms with Crippen molar-refractivity contribution in [1.29, 1.82) is 10.5 Å². The standard InChI is InChI=1S/C11H15N3O/c12-6-8-14(9-7-13)11(15)5-4-10-2-1-3-10/h10H,1-5,8-9H2. The van der Waals surface area contributed by atoms with Gasteiger partial charge in [-0.05, 0) is 12.3 Å². The van der Waals surface area contributed by atoms with Gasteiger partial charge in [0.1, 0.15) is 13.1 Å². The molecule has 15 heavy (non-hydrogen) atoms. The topological polar surface area (TPSA) is 67.9 Å². The van der Waals surface area contributed by atoms with Crippen LogP contribution in [0.1, 0.15) is 32.1 Å². The fraction of sp³-hybridized carbons (Fsp3) is 0.727. The molecule has 0 aromatic heterocycles. The lowest BCUT2D eigenvalue weighted by Gasteiger charge is -2.25. The van der Waals surface area contributed by atoms with Gasteiger partial charge in [0.2, 0.25) is 5.91 Å². The maximum absolute atomic E-state index is 11.6. The van der Waals surface area contributed by atoms with Gasteiger partial charge in [-0.25, -0.2) is 0 Å². The predicted octanol–water partition coefficient (Wildman–Crippen LogP) is 1.44. The molecule has 1 aliphatic rings. The second kappa shape index (κ2) is 6.03. The molecular weight excluding hydrogens is 190 g/mol. The van der Waals surface area contributed by atoms with Gasteiger partial charge < -0.3 is 4.90 Å². The Balaban J connectivity index is 2.28. The number of hydrogen-bond donors (Lipinski definition) is 0. The summed E-state index contributed by atoms with van der Waals surface area (Å²) in [6, 6.07) is 3.81. The molecule has 1 rings (SSSR count). The monoisotopic (exact) mass is 205 g/mol. The van der Waals surface area contributed by atoms with Crippen LogP contribution in [0.2, 0.25) is 0 Å². The summed E-state index contributed by atoms with van der Waals surface area (Å²) in [5.74, 6) is 0.630. The first-order chi connectivity index (χ1) is 7.27. The van der Waals surface area contributed by atoms with E-state index in [4.69, 9.17) is 10.5 Å². The number of amides is 1. The number of nitriles is 2. The van der Waals surface area contributed by atoms with Crippen molar-refractivity contribution < 1.29 is 4.79 Å². The summed E-state index contributed by atoms with van der Waals surface area (Å²) >= 11 is 0. The van der Waals surface area contributed by atoms with Crippen LogP contribution in [0.25, 0.3) is 0 Å². The van der Waals surface area contributed by atoms with Crippen molar-refractivity contribution in [3.05, 3.63) is 0 Å². The number of hydrogen-bond acceptors (Lipinski definition) is 3. The molecule has 0 bridgehead atoms. The first-order valence-corrected chi connectivity index (χ1v) is 5.29. The van der Waals surface area contributed by atoms with Crippen molar-refractivity contribution in [2.45, 2.75) is 32.1 Å². The van der Waals surface area contributed by atoms with Crippen LogP contribution in [0.3, 0.4) is 0 Å². The van der Waals surface area contributed by atoms with E-state index in [-0.39, 0.29) is 19.0 Å². The molecule has 1 aliphatic carbocycles. The summed E-state index contributed by atoms with van der Waals surface area (Å²) in [6.07, 6.45) is 5.12. The lowest BCUT2D eigenvalue weighted by Crippen LogP contribution is -2.32. The fourth-order valence-electron chi connectivity index (χ4n) is 1.67. The van der Waals surface area contributed by atoms with Crippen molar-refractivity contribution in [3.63, 3.8) is 0 Å². The Bertz CT molecular complexity index is 280. The summed E-state index contributed by atoms with van der Waals surface area (Å²) in [5.41, 5.74) is 0. The average Bonchev–Trinajstić information content (AvgIpc) is 2.15. The Morgan fingerprint density at radius 3 is 2.27 bits per heavy atom. The highest BCUT2D eigenvalue weighted by molar-refractivity contribution is 5.76. The van der Waals surface area contributed by atoms with Crippen molar-refractivity contribution in [2.24, 2.45) is 5.92 Å². The Morgan fingerprint density at radius 1 is 1.27 bits per heavy atom. The summed E-state index contributed by atoms with van der Waals surface area (Å²) in [4.78, 5) is 12.9. The second-order valence-electron chi connectivity index (χ2n) is 3.90. The number of rotatable bonds is 5. The van der Waals surface area contributed by atoms with Gasteiger partial charge in [0.05, 0.1) is 12.1 Å². The molecule has 0 saturated heterocycles. The van der Waals surface area contributed by atoms with E-state index in [9.17, 15) is 4.79 Å². The van der Waals surface area contributed by atoms with E-state index in [0.29, 0.717) is 12.3 Å². The fourth-order valence-corrected chi connectivity index (χ4v) is 1.67. The highest BCUT2D eigenvalue weighted by atomic mass is 16.2. The third-order valence-electron chi connectivity index (χ3n) is 2.87. The van der Waals surface area contributed by atoms with Crippen molar-refractivity contribution >= 4 is 5.91 Å². The highest BCUT2D eigenvalue weighted by Crippen LogP contribution is 2.30. The van der Waals surface area contributed by atoms with E-state index in [1.165, 1.54) is 24.2 Å². The first kappa shape index (κ1) is 11.5. The van der Waals surface area contributed by atoms with E-state index >= 15 is 0 Å². The molecule has 0 aromatic carbocycles. The van der Waals surface area contributed by atoms with Crippen molar-refractivity contribution in [2.75, 3.05) is 13.1 Å². The Labute approximate surface area is 90.1 Å². The zero-order valence-corrected chi connectivity index (χ0v) is 8.78. The first-order valence-electron chi connectivity index (χ1n) is 5.29. The second-order valence-corrected chi connectivity index (χ2v) is 3.90. The van der Waals surface area contributed by atoms with Gasteiger partial charge in [-0.15, -0.1) is 0 Å². The van der Waals surface area contributed by atoms with Crippen LogP contribution in [0, 0.1) is 28.6 Å². The van der Waals surface area contributed by atoms with Gasteiger partial charge in [-0.3, -0.25) is 4.79 Å². The summed E-state index contributed by atoms with van der Waals surface area (Å²) < 4.78 is 0. The molecule has 4 heteroatoms. The van der Waals surface area contributed by atoms with Crippen LogP contribution in [0.5, 0.6) is 0 Å². The molecule has 0 atom stereocenters. The molecule has 1 fully saturated rings. The van der Waals surface area contributed by atoms with Crippen LogP contribution >= 0.6 is 0 Å². The lowest BCUT2D eigenvalue weighted by molar-refractivity contribution is -0.130. The quantitative estimate of drug-likeness (QED) is 0.638. The van der Waals surface area contributed by atoms with E-state index in [2.05, 4.69) is 0 Å². The molecule has 80 valence electrons. The molecule has 0 unspecified atom stereocenters. The average molecular weight is 205 g/mol. The number of carbonyl (C=O) groups is 1. The minimum atomic E-state index is -0.0648. The molecule has 4 nitrogen and oxygen atoms in total. The summed E-state index contributed by atoms with van der Waals surface area (Å²) in [5, 5.41) is 17.0. The third-order valence-corrected chi connectivity index (χ3v) is 2.87. The van der Waals surface area contributed by atoms with E-state index in [1.54, 1.807) is 0 Å². The van der Waals surface area contributed by atoms with Crippen molar-refractivity contribution in [3.8, 4) is 12.1 Å². The minimum absolute atomic E-state index is 0.0249. The molecule has 0 aliphatic heterocycles. The van der Waals surface area contributed by atoms with E-state index in [1.807, 2.05) is 12.1 Å². The van der Waals surface area contributed by atoms with Crippen LogP contribution in [-0.2, 0) is 4.79 Å². The van der Waals surface area contributed by atoms with Crippen LogP contribution in [-0.4, -0.2) is 23.9 Å². The molecular formula is C11H15N3O. The number of carbonyl (C=O) groups excluding carboxylic acids is 1. The molecule has 0 aromatic rings. The molecule has 0 N–H and O–H groups in total. The van der Waals surface area contributed by atoms with E-state index in [0.717, 1.165) is 6.42 Å². The van der Waals surface area contributed by atoms with Crippen molar-refractivity contribution in [1.82, 2.24) is 4.90 Å². The molecule has 0 radical (unpaired) electrons. The van der Waals surface area contributed by atoms with Gasteiger partial charge in [-0.2, -0.15) is 10.5 Å². The van der Waals surface area contributed by atoms with Gasteiger partial charge in [0.15, 0.2) is 0 Å². The lowest BCUT2D eigenvalue weighted by atomic mass is 9.82. The zero-order chi connectivity index (χ0) is 11.1. The molecule has 1 saturated carbocycles. The van der Waals surface area contributed by atoms with Crippen LogP contribution in [0.4, 0.5) is 0 Å². The van der Waals surface area contributed by atoms with E-state index < -0.39 is 0 Å². The smallest absolute Gasteiger partial charge is 0.224 e. The zero-order valence-electron chi connectivity index (χ0n) is 8.78. The third kappa shape index (κ3) is 3.59. The van der Waals surface area contributed by atoms with Gasteiger partial charge in [-0.1, -0.05) is 19.3 Å². The molecule has 0 spiro atoms. The van der Waals surface area contributed by atoms with Crippen LogP contribution < -0.4 is 0 Å². The maximum atomic E-state index is 11.6. The normalized spacial score (nSPS) is 14.8. The minimum Gasteiger partial charge on any atom is -0.316 e. The summed E-state index contributed by atoms with van der Waals surface area (Å²) in [7, 11) is 0. The maximum Gasteiger partial charge on any atom is 0.224 e. The van der Waals surface area contributed by atoms with Gasteiger partial charge >= 0.3 is 0 Å². The highest BCUT2D eigenvalue weighted by Gasteiger charge is 2.20. The van der Waals surface area contributed by atoms with Gasteiger partial charge in [0, 0.05) is 6.42 Å². The SMILES string of the molecule is N#CCN(CC#N)C(=O)CCC1CCC1. The Kier molecular flexibility index (Phi) is 4.63. The Hall–Kier alpha value is -1.55. The van der Waals surface area contributed by atoms with Crippen LogP contribution in [0.15, 0.2) is 0 Å². The van der Waals surface area contributed by atoms with Gasteiger partial charge in [0.25, 0.3) is 0 Å². The summed E-state index contributed by atoms with van der Waals surface area (Å²) in [6.45, 7) is 0.0497. The Morgan fingerprint density at radius 2 is 1.87 bits per heavy atom. The molecule has 0 heterocycles. The molecule has 1 amide bonds. The predicted molar refractivity (Wildman–Crippen MR) is 54.4 cm³/mol.